The van der Waals surface area contributed by atoms with Crippen LogP contribution < -0.4 is 10.6 Å². The molecule has 0 aliphatic heterocycles. The predicted molar refractivity (Wildman–Crippen MR) is 84.2 cm³/mol. The van der Waals surface area contributed by atoms with Gasteiger partial charge in [-0.1, -0.05) is 45.7 Å². The van der Waals surface area contributed by atoms with Crippen LogP contribution in [0.2, 0.25) is 0 Å². The van der Waals surface area contributed by atoms with Crippen molar-refractivity contribution in [3.8, 4) is 0 Å². The van der Waals surface area contributed by atoms with Gasteiger partial charge in [-0.2, -0.15) is 0 Å². The SMILES string of the molecule is CC(C)(C)c1ccc(NC(=O)C(=O)NC2CCCC2)cc1. The lowest BCUT2D eigenvalue weighted by atomic mass is 9.87. The average Bonchev–Trinajstić information content (AvgIpc) is 2.91. The highest BCUT2D eigenvalue weighted by atomic mass is 16.2. The maximum Gasteiger partial charge on any atom is 0.313 e. The van der Waals surface area contributed by atoms with E-state index in [0.29, 0.717) is 5.69 Å². The molecule has 4 heteroatoms. The zero-order chi connectivity index (χ0) is 15.5. The Morgan fingerprint density at radius 2 is 1.57 bits per heavy atom. The van der Waals surface area contributed by atoms with Crippen LogP contribution in [-0.4, -0.2) is 17.9 Å². The molecule has 2 amide bonds. The van der Waals surface area contributed by atoms with Gasteiger partial charge in [0.05, 0.1) is 0 Å². The molecular weight excluding hydrogens is 264 g/mol. The predicted octanol–water partition coefficient (Wildman–Crippen LogP) is 2.98. The van der Waals surface area contributed by atoms with Crippen LogP contribution in [0.3, 0.4) is 0 Å². The Labute approximate surface area is 126 Å². The zero-order valence-electron chi connectivity index (χ0n) is 13.0. The fraction of sp³-hybridized carbons (Fsp3) is 0.529. The molecule has 1 aliphatic rings. The smallest absolute Gasteiger partial charge is 0.313 e. The van der Waals surface area contributed by atoms with Crippen LogP contribution in [0.25, 0.3) is 0 Å². The molecule has 21 heavy (non-hydrogen) atoms. The number of anilines is 1. The van der Waals surface area contributed by atoms with Crippen molar-refractivity contribution in [2.24, 2.45) is 0 Å². The number of hydrogen-bond donors (Lipinski definition) is 2. The summed E-state index contributed by atoms with van der Waals surface area (Å²) in [5, 5.41) is 5.43. The Morgan fingerprint density at radius 1 is 1.00 bits per heavy atom. The van der Waals surface area contributed by atoms with Crippen molar-refractivity contribution in [3.63, 3.8) is 0 Å². The summed E-state index contributed by atoms with van der Waals surface area (Å²) in [6.07, 6.45) is 4.19. The second kappa shape index (κ2) is 6.29. The molecule has 2 rings (SSSR count). The van der Waals surface area contributed by atoms with Crippen molar-refractivity contribution in [1.82, 2.24) is 5.32 Å². The maximum atomic E-state index is 11.9. The molecule has 0 aromatic heterocycles. The molecule has 0 radical (unpaired) electrons. The van der Waals surface area contributed by atoms with Gasteiger partial charge in [0.15, 0.2) is 0 Å². The van der Waals surface area contributed by atoms with Gasteiger partial charge in [-0.25, -0.2) is 0 Å². The molecule has 1 saturated carbocycles. The summed E-state index contributed by atoms with van der Waals surface area (Å²) in [4.78, 5) is 23.7. The average molecular weight is 288 g/mol. The molecule has 0 saturated heterocycles. The fourth-order valence-electron chi connectivity index (χ4n) is 2.56. The van der Waals surface area contributed by atoms with E-state index in [4.69, 9.17) is 0 Å². The van der Waals surface area contributed by atoms with Gasteiger partial charge in [0.2, 0.25) is 0 Å². The highest BCUT2D eigenvalue weighted by Gasteiger charge is 2.21. The quantitative estimate of drug-likeness (QED) is 0.822. The van der Waals surface area contributed by atoms with Gasteiger partial charge < -0.3 is 10.6 Å². The minimum absolute atomic E-state index is 0.0718. The van der Waals surface area contributed by atoms with Gasteiger partial charge in [0, 0.05) is 11.7 Å². The molecule has 0 atom stereocenters. The lowest BCUT2D eigenvalue weighted by molar-refractivity contribution is -0.136. The molecule has 4 nitrogen and oxygen atoms in total. The van der Waals surface area contributed by atoms with Gasteiger partial charge in [0.1, 0.15) is 0 Å². The normalized spacial score (nSPS) is 15.8. The third-order valence-electron chi connectivity index (χ3n) is 3.91. The van der Waals surface area contributed by atoms with Crippen LogP contribution in [0.15, 0.2) is 24.3 Å². The number of rotatable bonds is 2. The minimum atomic E-state index is -0.592. The summed E-state index contributed by atoms with van der Waals surface area (Å²) in [7, 11) is 0. The second-order valence-corrected chi connectivity index (χ2v) is 6.74. The summed E-state index contributed by atoms with van der Waals surface area (Å²) in [5.41, 5.74) is 1.91. The molecule has 0 heterocycles. The molecule has 0 bridgehead atoms. The van der Waals surface area contributed by atoms with Gasteiger partial charge in [-0.3, -0.25) is 9.59 Å². The zero-order valence-corrected chi connectivity index (χ0v) is 13.0. The first-order chi connectivity index (χ1) is 9.86. The van der Waals surface area contributed by atoms with Crippen molar-refractivity contribution in [2.75, 3.05) is 5.32 Å². The Balaban J connectivity index is 1.91. The molecule has 1 fully saturated rings. The van der Waals surface area contributed by atoms with E-state index in [1.807, 2.05) is 24.3 Å². The van der Waals surface area contributed by atoms with Crippen LogP contribution in [-0.2, 0) is 15.0 Å². The number of nitrogens with one attached hydrogen (secondary N) is 2. The van der Waals surface area contributed by atoms with Gasteiger partial charge in [-0.15, -0.1) is 0 Å². The molecule has 2 N–H and O–H groups in total. The van der Waals surface area contributed by atoms with Crippen molar-refractivity contribution in [3.05, 3.63) is 29.8 Å². The van der Waals surface area contributed by atoms with Crippen LogP contribution in [0.1, 0.15) is 52.0 Å². The largest absolute Gasteiger partial charge is 0.345 e. The summed E-state index contributed by atoms with van der Waals surface area (Å²) in [6, 6.07) is 7.78. The number of carbonyl (C=O) groups is 2. The van der Waals surface area contributed by atoms with Gasteiger partial charge in [-0.05, 0) is 36.0 Å². The van der Waals surface area contributed by atoms with E-state index in [9.17, 15) is 9.59 Å². The van der Waals surface area contributed by atoms with E-state index in [1.165, 1.54) is 5.56 Å². The second-order valence-electron chi connectivity index (χ2n) is 6.74. The van der Waals surface area contributed by atoms with E-state index in [1.54, 1.807) is 0 Å². The third kappa shape index (κ3) is 4.31. The maximum absolute atomic E-state index is 11.9. The molecule has 0 unspecified atom stereocenters. The topological polar surface area (TPSA) is 58.2 Å². The molecule has 1 aromatic rings. The van der Waals surface area contributed by atoms with E-state index < -0.39 is 11.8 Å². The lowest BCUT2D eigenvalue weighted by Gasteiger charge is -2.19. The van der Waals surface area contributed by atoms with E-state index in [2.05, 4.69) is 31.4 Å². The first kappa shape index (κ1) is 15.5. The van der Waals surface area contributed by atoms with E-state index in [0.717, 1.165) is 25.7 Å². The van der Waals surface area contributed by atoms with E-state index in [-0.39, 0.29) is 11.5 Å². The first-order valence-corrected chi connectivity index (χ1v) is 7.58. The van der Waals surface area contributed by atoms with E-state index >= 15 is 0 Å². The number of hydrogen-bond acceptors (Lipinski definition) is 2. The molecule has 1 aliphatic carbocycles. The van der Waals surface area contributed by atoms with Crippen LogP contribution in [0, 0.1) is 0 Å². The standard InChI is InChI=1S/C17H24N2O2/c1-17(2,3)12-8-10-14(11-9-12)19-16(21)15(20)18-13-6-4-5-7-13/h8-11,13H,4-7H2,1-3H3,(H,18,20)(H,19,21). The molecule has 0 spiro atoms. The van der Waals surface area contributed by atoms with Gasteiger partial charge in [0.25, 0.3) is 0 Å². The highest BCUT2D eigenvalue weighted by Crippen LogP contribution is 2.23. The Hall–Kier alpha value is -1.84. The first-order valence-electron chi connectivity index (χ1n) is 7.58. The van der Waals surface area contributed by atoms with Crippen LogP contribution in [0.5, 0.6) is 0 Å². The number of carbonyl (C=O) groups excluding carboxylic acids is 2. The van der Waals surface area contributed by atoms with Crippen molar-refractivity contribution in [1.29, 1.82) is 0 Å². The van der Waals surface area contributed by atoms with Crippen molar-refractivity contribution in [2.45, 2.75) is 57.9 Å². The summed E-state index contributed by atoms with van der Waals surface area (Å²) < 4.78 is 0. The highest BCUT2D eigenvalue weighted by molar-refractivity contribution is 6.39. The van der Waals surface area contributed by atoms with Gasteiger partial charge >= 0.3 is 11.8 Å². The lowest BCUT2D eigenvalue weighted by Crippen LogP contribution is -2.40. The third-order valence-corrected chi connectivity index (χ3v) is 3.91. The Kier molecular flexibility index (Phi) is 4.66. The summed E-state index contributed by atoms with van der Waals surface area (Å²) in [5.74, 6) is -1.13. The summed E-state index contributed by atoms with van der Waals surface area (Å²) in [6.45, 7) is 6.40. The minimum Gasteiger partial charge on any atom is -0.345 e. The Morgan fingerprint density at radius 3 is 2.10 bits per heavy atom. The number of amides is 2. The van der Waals surface area contributed by atoms with Crippen molar-refractivity contribution >= 4 is 17.5 Å². The number of benzene rings is 1. The fourth-order valence-corrected chi connectivity index (χ4v) is 2.56. The molecule has 114 valence electrons. The van der Waals surface area contributed by atoms with Crippen molar-refractivity contribution < 1.29 is 9.59 Å². The van der Waals surface area contributed by atoms with Crippen LogP contribution >= 0.6 is 0 Å². The monoisotopic (exact) mass is 288 g/mol. The summed E-state index contributed by atoms with van der Waals surface area (Å²) >= 11 is 0. The Bertz CT molecular complexity index is 509. The molecular formula is C17H24N2O2. The van der Waals surface area contributed by atoms with Crippen LogP contribution in [0.4, 0.5) is 5.69 Å². The molecule has 1 aromatic carbocycles.